The Balaban J connectivity index is 1.71. The number of methoxy groups -OCH3 is 2. The molecule has 0 aliphatic rings. The first-order valence-corrected chi connectivity index (χ1v) is 12.6. The van der Waals surface area contributed by atoms with E-state index in [-0.39, 0.29) is 17.3 Å². The molecule has 10 heteroatoms. The molecule has 0 bridgehead atoms. The highest BCUT2D eigenvalue weighted by Gasteiger charge is 2.17. The number of rotatable bonds is 14. The van der Waals surface area contributed by atoms with Gasteiger partial charge >= 0.3 is 5.97 Å². The number of benzene rings is 2. The van der Waals surface area contributed by atoms with Gasteiger partial charge in [-0.3, -0.25) is 0 Å². The minimum absolute atomic E-state index is 0.0413. The van der Waals surface area contributed by atoms with E-state index >= 15 is 0 Å². The molecule has 0 radical (unpaired) electrons. The molecule has 2 aromatic rings. The van der Waals surface area contributed by atoms with Crippen LogP contribution in [-0.4, -0.2) is 64.9 Å². The summed E-state index contributed by atoms with van der Waals surface area (Å²) in [5.74, 6) is 1.29. The van der Waals surface area contributed by atoms with Gasteiger partial charge in [-0.25, -0.2) is 13.2 Å². The Morgan fingerprint density at radius 3 is 2.41 bits per heavy atom. The van der Waals surface area contributed by atoms with Gasteiger partial charge in [-0.2, -0.15) is 0 Å². The summed E-state index contributed by atoms with van der Waals surface area (Å²) in [4.78, 5) is 11.9. The summed E-state index contributed by atoms with van der Waals surface area (Å²) in [7, 11) is -0.428. The van der Waals surface area contributed by atoms with Gasteiger partial charge < -0.3 is 24.6 Å². The predicted molar refractivity (Wildman–Crippen MR) is 124 cm³/mol. The number of carbonyl (C=O) groups is 1. The normalized spacial score (nSPS) is 11.2. The zero-order chi connectivity index (χ0) is 23.6. The molecule has 0 aliphatic heterocycles. The average Bonchev–Trinajstić information content (AvgIpc) is 2.77. The third-order valence-corrected chi connectivity index (χ3v) is 7.32. The quantitative estimate of drug-likeness (QED) is 0.309. The summed E-state index contributed by atoms with van der Waals surface area (Å²) >= 11 is 1.66. The highest BCUT2D eigenvalue weighted by atomic mass is 32.2. The number of thioether (sulfide) groups is 1. The Kier molecular flexibility index (Phi) is 10.1. The molecule has 0 heterocycles. The van der Waals surface area contributed by atoms with Crippen LogP contribution >= 0.6 is 11.8 Å². The maximum Gasteiger partial charge on any atom is 0.341 e. The smallest absolute Gasteiger partial charge is 0.341 e. The third-order valence-electron chi connectivity index (χ3n) is 4.53. The molecule has 0 saturated carbocycles. The largest absolute Gasteiger partial charge is 0.493 e. The molecule has 2 rings (SSSR count). The van der Waals surface area contributed by atoms with Crippen LogP contribution in [0.15, 0.2) is 46.2 Å². The summed E-state index contributed by atoms with van der Waals surface area (Å²) in [6.45, 7) is 2.84. The van der Waals surface area contributed by atoms with Crippen LogP contribution in [0.5, 0.6) is 17.2 Å². The molecule has 0 spiro atoms. The Labute approximate surface area is 193 Å². The van der Waals surface area contributed by atoms with E-state index in [1.807, 2.05) is 19.1 Å². The van der Waals surface area contributed by atoms with Gasteiger partial charge in [0.1, 0.15) is 5.75 Å². The number of aryl methyl sites for hydroxylation is 1. The van der Waals surface area contributed by atoms with Gasteiger partial charge in [-0.15, -0.1) is 11.8 Å². The van der Waals surface area contributed by atoms with Gasteiger partial charge in [0.25, 0.3) is 0 Å². The summed E-state index contributed by atoms with van der Waals surface area (Å²) in [6.07, 6.45) is 0.496. The Bertz CT molecular complexity index is 1010. The van der Waals surface area contributed by atoms with Gasteiger partial charge in [-0.05, 0) is 55.8 Å². The van der Waals surface area contributed by atoms with Crippen LogP contribution in [-0.2, 0) is 14.6 Å². The van der Waals surface area contributed by atoms with E-state index in [1.165, 1.54) is 26.4 Å². The van der Waals surface area contributed by atoms with Crippen LogP contribution in [0.4, 0.5) is 0 Å². The van der Waals surface area contributed by atoms with Gasteiger partial charge in [0.2, 0.25) is 0 Å². The Morgan fingerprint density at radius 2 is 1.75 bits per heavy atom. The van der Waals surface area contributed by atoms with Crippen molar-refractivity contribution in [2.75, 3.05) is 45.4 Å². The lowest BCUT2D eigenvalue weighted by Gasteiger charge is -2.11. The number of aliphatic carboxylic acids is 1. The number of ether oxygens (including phenoxy) is 3. The molecule has 176 valence electrons. The van der Waals surface area contributed by atoms with E-state index in [9.17, 15) is 13.2 Å². The number of hydrogen-bond donors (Lipinski definition) is 2. The van der Waals surface area contributed by atoms with Crippen molar-refractivity contribution in [3.63, 3.8) is 0 Å². The fourth-order valence-corrected chi connectivity index (χ4v) is 5.12. The Morgan fingerprint density at radius 1 is 1.03 bits per heavy atom. The molecule has 2 N–H and O–H groups in total. The van der Waals surface area contributed by atoms with Gasteiger partial charge in [0.15, 0.2) is 27.9 Å². The fraction of sp³-hybridized carbons (Fsp3) is 0.409. The number of carboxylic acid groups (broad SMARTS) is 1. The molecule has 0 amide bonds. The lowest BCUT2D eigenvalue weighted by atomic mass is 10.2. The minimum atomic E-state index is -3.40. The van der Waals surface area contributed by atoms with Crippen molar-refractivity contribution >= 4 is 27.6 Å². The second-order valence-corrected chi connectivity index (χ2v) is 10.2. The second kappa shape index (κ2) is 12.6. The average molecular weight is 484 g/mol. The molecule has 0 atom stereocenters. The molecule has 0 aliphatic carbocycles. The maximum atomic E-state index is 12.5. The molecule has 0 fully saturated rings. The number of hydrogen-bond acceptors (Lipinski definition) is 8. The summed E-state index contributed by atoms with van der Waals surface area (Å²) in [5.41, 5.74) is 0.879. The molecule has 8 nitrogen and oxygen atoms in total. The van der Waals surface area contributed by atoms with E-state index in [0.717, 1.165) is 22.8 Å². The van der Waals surface area contributed by atoms with Gasteiger partial charge in [0.05, 0.1) is 24.9 Å². The van der Waals surface area contributed by atoms with Crippen LogP contribution in [0.3, 0.4) is 0 Å². The first kappa shape index (κ1) is 25.8. The van der Waals surface area contributed by atoms with Crippen LogP contribution in [0.2, 0.25) is 0 Å². The van der Waals surface area contributed by atoms with E-state index in [4.69, 9.17) is 19.3 Å². The first-order valence-electron chi connectivity index (χ1n) is 10.0. The van der Waals surface area contributed by atoms with E-state index < -0.39 is 15.8 Å². The predicted octanol–water partition coefficient (Wildman–Crippen LogP) is 3.02. The van der Waals surface area contributed by atoms with Gasteiger partial charge in [0, 0.05) is 23.3 Å². The number of carboxylic acids is 1. The highest BCUT2D eigenvalue weighted by molar-refractivity contribution is 7.99. The Hall–Kier alpha value is -2.43. The van der Waals surface area contributed by atoms with Crippen LogP contribution < -0.4 is 19.5 Å². The van der Waals surface area contributed by atoms with Gasteiger partial charge in [-0.1, -0.05) is 0 Å². The van der Waals surface area contributed by atoms with Crippen molar-refractivity contribution < 1.29 is 32.5 Å². The van der Waals surface area contributed by atoms with Crippen LogP contribution in [0, 0.1) is 6.92 Å². The fourth-order valence-electron chi connectivity index (χ4n) is 2.89. The molecular weight excluding hydrogens is 454 g/mol. The summed E-state index contributed by atoms with van der Waals surface area (Å²) in [5, 5.41) is 11.9. The van der Waals surface area contributed by atoms with Crippen molar-refractivity contribution in [1.29, 1.82) is 0 Å². The molecule has 2 aromatic carbocycles. The zero-order valence-corrected chi connectivity index (χ0v) is 20.1. The van der Waals surface area contributed by atoms with Crippen molar-refractivity contribution in [3.05, 3.63) is 42.0 Å². The maximum absolute atomic E-state index is 12.5. The second-order valence-electron chi connectivity index (χ2n) is 6.90. The first-order chi connectivity index (χ1) is 15.3. The summed E-state index contributed by atoms with van der Waals surface area (Å²) < 4.78 is 40.6. The standard InChI is InChI=1S/C22H29NO7S2/c1-16-13-17(5-7-19(16)30-15-22(24)25)31-11-10-23-9-4-12-32(26,27)18-6-8-20(28-2)21(14-18)29-3/h5-8,13-14,23H,4,9-12,15H2,1-3H3,(H,24,25). The topological polar surface area (TPSA) is 111 Å². The molecular formula is C22H29NO7S2. The molecule has 32 heavy (non-hydrogen) atoms. The number of nitrogens with one attached hydrogen (secondary N) is 1. The third kappa shape index (κ3) is 7.92. The minimum Gasteiger partial charge on any atom is -0.493 e. The molecule has 0 unspecified atom stereocenters. The van der Waals surface area contributed by atoms with Crippen molar-refractivity contribution in [2.24, 2.45) is 0 Å². The molecule has 0 aromatic heterocycles. The highest BCUT2D eigenvalue weighted by Crippen LogP contribution is 2.30. The van der Waals surface area contributed by atoms with Crippen molar-refractivity contribution in [3.8, 4) is 17.2 Å². The van der Waals surface area contributed by atoms with E-state index in [2.05, 4.69) is 5.32 Å². The SMILES string of the molecule is COc1ccc(S(=O)(=O)CCCNCCSc2ccc(OCC(=O)O)c(C)c2)cc1OC. The summed E-state index contributed by atoms with van der Waals surface area (Å²) in [6, 6.07) is 10.2. The zero-order valence-electron chi connectivity index (χ0n) is 18.4. The van der Waals surface area contributed by atoms with Crippen molar-refractivity contribution in [2.45, 2.75) is 23.1 Å². The monoisotopic (exact) mass is 483 g/mol. The number of sulfone groups is 1. The van der Waals surface area contributed by atoms with Crippen LogP contribution in [0.1, 0.15) is 12.0 Å². The van der Waals surface area contributed by atoms with Crippen LogP contribution in [0.25, 0.3) is 0 Å². The van der Waals surface area contributed by atoms with E-state index in [1.54, 1.807) is 23.9 Å². The van der Waals surface area contributed by atoms with E-state index in [0.29, 0.717) is 30.2 Å². The lowest BCUT2D eigenvalue weighted by molar-refractivity contribution is -0.139. The lowest BCUT2D eigenvalue weighted by Crippen LogP contribution is -2.21. The molecule has 0 saturated heterocycles. The van der Waals surface area contributed by atoms with Crippen molar-refractivity contribution in [1.82, 2.24) is 5.32 Å².